The van der Waals surface area contributed by atoms with Gasteiger partial charge in [0, 0.05) is 25.7 Å². The van der Waals surface area contributed by atoms with Crippen LogP contribution in [-0.4, -0.2) is 96.7 Å². The van der Waals surface area contributed by atoms with E-state index in [0.29, 0.717) is 25.7 Å². The Balaban J connectivity index is 5.19. The van der Waals surface area contributed by atoms with Crippen LogP contribution in [0.2, 0.25) is 0 Å². The maximum Gasteiger partial charge on any atom is 0.472 e. The molecule has 0 amide bonds. The van der Waals surface area contributed by atoms with E-state index in [-0.39, 0.29) is 25.7 Å². The third-order valence-corrected chi connectivity index (χ3v) is 20.5. The second kappa shape index (κ2) is 73.4. The first-order valence-corrected chi connectivity index (χ1v) is 44.3. The molecule has 582 valence electrons. The summed E-state index contributed by atoms with van der Waals surface area (Å²) in [5.74, 6) is -2.11. The Morgan fingerprint density at radius 3 is 0.602 bits per heavy atom. The SMILES string of the molecule is CCCCCCCCCCCCCCCCCCCCCCC(=O)O[C@H](COC(=O)CCCCCCCCCCCCCCCCC)COP(=O)(O)OC[C@@H](O)COP(=O)(O)OC[C@@H](COC(=O)CCCCCCCCCC)OC(=O)CCCCCCCCCCCCCCCCC. The van der Waals surface area contributed by atoms with E-state index in [1.54, 1.807) is 0 Å². The average Bonchev–Trinajstić information content (AvgIpc) is 0.989. The summed E-state index contributed by atoms with van der Waals surface area (Å²) in [5, 5.41) is 10.6. The predicted octanol–water partition coefficient (Wildman–Crippen LogP) is 23.8. The second-order valence-corrected chi connectivity index (χ2v) is 31.4. The standard InChI is InChI=1S/C79H154O17P2/c1-5-9-13-17-21-25-28-31-34-35-36-37-38-41-44-47-50-54-58-62-66-79(84)96-75(70-90-77(82)64-60-56-52-48-45-42-39-32-29-26-22-18-14-10-6-2)72-94-98(87,88)92-68-73(80)67-91-97(85,86)93-71-74(69-89-76(81)63-59-55-51-24-20-16-12-8-4)95-78(83)65-61-57-53-49-46-43-40-33-30-27-23-19-15-11-7-3/h73-75,80H,5-72H2,1-4H3,(H,85,86)(H,87,88)/t73-,74+,75+/m0/s1. The Kier molecular flexibility index (Phi) is 71.9. The molecule has 98 heavy (non-hydrogen) atoms. The number of phosphoric ester groups is 2. The number of hydrogen-bond acceptors (Lipinski definition) is 15. The van der Waals surface area contributed by atoms with Gasteiger partial charge in [0.2, 0.25) is 0 Å². The van der Waals surface area contributed by atoms with Crippen molar-refractivity contribution in [2.45, 2.75) is 444 Å². The molecular weight excluding hydrogens is 1280 g/mol. The minimum atomic E-state index is -4.96. The number of phosphoric acid groups is 2. The van der Waals surface area contributed by atoms with Crippen LogP contribution in [0.3, 0.4) is 0 Å². The highest BCUT2D eigenvalue weighted by molar-refractivity contribution is 7.47. The van der Waals surface area contributed by atoms with E-state index >= 15 is 0 Å². The second-order valence-electron chi connectivity index (χ2n) is 28.5. The fraction of sp³-hybridized carbons (Fsp3) is 0.949. The van der Waals surface area contributed by atoms with Crippen LogP contribution in [0.25, 0.3) is 0 Å². The van der Waals surface area contributed by atoms with Crippen LogP contribution in [0, 0.1) is 0 Å². The van der Waals surface area contributed by atoms with Gasteiger partial charge in [0.15, 0.2) is 12.2 Å². The van der Waals surface area contributed by atoms with Crippen molar-refractivity contribution in [3.63, 3.8) is 0 Å². The van der Waals surface area contributed by atoms with Gasteiger partial charge in [0.1, 0.15) is 19.3 Å². The number of rotatable bonds is 80. The molecule has 0 fully saturated rings. The van der Waals surface area contributed by atoms with Gasteiger partial charge in [0.25, 0.3) is 0 Å². The molecular formula is C79H154O17P2. The third-order valence-electron chi connectivity index (χ3n) is 18.6. The Morgan fingerprint density at radius 2 is 0.408 bits per heavy atom. The monoisotopic (exact) mass is 1440 g/mol. The smallest absolute Gasteiger partial charge is 0.462 e. The molecule has 0 radical (unpaired) electrons. The van der Waals surface area contributed by atoms with E-state index in [1.165, 1.54) is 257 Å². The van der Waals surface area contributed by atoms with Crippen molar-refractivity contribution in [1.82, 2.24) is 0 Å². The molecule has 0 saturated carbocycles. The number of aliphatic hydroxyl groups excluding tert-OH is 1. The summed E-state index contributed by atoms with van der Waals surface area (Å²) in [6.07, 6.45) is 65.2. The topological polar surface area (TPSA) is 237 Å². The quantitative estimate of drug-likeness (QED) is 0.0222. The molecule has 0 bridgehead atoms. The molecule has 0 aliphatic heterocycles. The lowest BCUT2D eigenvalue weighted by molar-refractivity contribution is -0.161. The van der Waals surface area contributed by atoms with Crippen LogP contribution in [0.1, 0.15) is 426 Å². The van der Waals surface area contributed by atoms with Gasteiger partial charge in [-0.1, -0.05) is 374 Å². The van der Waals surface area contributed by atoms with Gasteiger partial charge in [-0.05, 0) is 25.7 Å². The molecule has 2 unspecified atom stereocenters. The molecule has 5 atom stereocenters. The van der Waals surface area contributed by atoms with Crippen molar-refractivity contribution in [1.29, 1.82) is 0 Å². The number of ether oxygens (including phenoxy) is 4. The predicted molar refractivity (Wildman–Crippen MR) is 400 cm³/mol. The first-order valence-electron chi connectivity index (χ1n) is 41.3. The van der Waals surface area contributed by atoms with Crippen LogP contribution >= 0.6 is 15.6 Å². The highest BCUT2D eigenvalue weighted by Crippen LogP contribution is 2.45. The molecule has 3 N–H and O–H groups in total. The zero-order valence-electron chi connectivity index (χ0n) is 63.8. The lowest BCUT2D eigenvalue weighted by atomic mass is 10.0. The molecule has 0 saturated heterocycles. The molecule has 0 spiro atoms. The van der Waals surface area contributed by atoms with Gasteiger partial charge in [0.05, 0.1) is 26.4 Å². The number of esters is 4. The summed E-state index contributed by atoms with van der Waals surface area (Å²) >= 11 is 0. The van der Waals surface area contributed by atoms with Gasteiger partial charge in [-0.2, -0.15) is 0 Å². The van der Waals surface area contributed by atoms with Crippen LogP contribution in [0.15, 0.2) is 0 Å². The van der Waals surface area contributed by atoms with E-state index in [1.807, 2.05) is 0 Å². The summed E-state index contributed by atoms with van der Waals surface area (Å²) < 4.78 is 68.6. The van der Waals surface area contributed by atoms with E-state index < -0.39 is 97.5 Å². The summed E-state index contributed by atoms with van der Waals surface area (Å²) in [6, 6.07) is 0. The lowest BCUT2D eigenvalue weighted by Crippen LogP contribution is -2.30. The summed E-state index contributed by atoms with van der Waals surface area (Å²) in [4.78, 5) is 72.9. The maximum atomic E-state index is 13.1. The van der Waals surface area contributed by atoms with Gasteiger partial charge >= 0.3 is 39.5 Å². The number of aliphatic hydroxyl groups is 1. The van der Waals surface area contributed by atoms with Gasteiger partial charge in [-0.15, -0.1) is 0 Å². The van der Waals surface area contributed by atoms with Gasteiger partial charge in [-0.3, -0.25) is 37.3 Å². The normalized spacial score (nSPS) is 13.8. The van der Waals surface area contributed by atoms with Crippen molar-refractivity contribution < 1.29 is 80.2 Å². The summed E-state index contributed by atoms with van der Waals surface area (Å²) in [5.41, 5.74) is 0. The first kappa shape index (κ1) is 96.1. The van der Waals surface area contributed by atoms with Crippen LogP contribution in [0.4, 0.5) is 0 Å². The van der Waals surface area contributed by atoms with Gasteiger partial charge in [-0.25, -0.2) is 9.13 Å². The molecule has 17 nitrogen and oxygen atoms in total. The maximum absolute atomic E-state index is 13.1. The minimum Gasteiger partial charge on any atom is -0.462 e. The van der Waals surface area contributed by atoms with Crippen molar-refractivity contribution in [3.8, 4) is 0 Å². The summed E-state index contributed by atoms with van der Waals surface area (Å²) in [7, 11) is -9.91. The Labute approximate surface area is 600 Å². The van der Waals surface area contributed by atoms with Crippen molar-refractivity contribution in [3.05, 3.63) is 0 Å². The molecule has 19 heteroatoms. The molecule has 0 heterocycles. The molecule has 0 aromatic carbocycles. The molecule has 0 rings (SSSR count). The molecule has 0 aliphatic carbocycles. The highest BCUT2D eigenvalue weighted by Gasteiger charge is 2.30. The van der Waals surface area contributed by atoms with Gasteiger partial charge < -0.3 is 33.8 Å². The number of carbonyl (C=O) groups is 4. The molecule has 0 aromatic heterocycles. The number of carbonyl (C=O) groups excluding carboxylic acids is 4. The largest absolute Gasteiger partial charge is 0.472 e. The number of unbranched alkanes of at least 4 members (excludes halogenated alkanes) is 54. The Morgan fingerprint density at radius 1 is 0.245 bits per heavy atom. The van der Waals surface area contributed by atoms with Crippen molar-refractivity contribution >= 4 is 39.5 Å². The van der Waals surface area contributed by atoms with Crippen molar-refractivity contribution in [2.75, 3.05) is 39.6 Å². The Bertz CT molecular complexity index is 1860. The van der Waals surface area contributed by atoms with Crippen LogP contribution in [-0.2, 0) is 65.4 Å². The zero-order valence-corrected chi connectivity index (χ0v) is 65.6. The molecule has 0 aromatic rings. The lowest BCUT2D eigenvalue weighted by Gasteiger charge is -2.21. The minimum absolute atomic E-state index is 0.109. The van der Waals surface area contributed by atoms with E-state index in [4.69, 9.17) is 37.0 Å². The zero-order chi connectivity index (χ0) is 71.8. The van der Waals surface area contributed by atoms with Crippen LogP contribution < -0.4 is 0 Å². The average molecular weight is 1440 g/mol. The highest BCUT2D eigenvalue weighted by atomic mass is 31.2. The first-order chi connectivity index (χ1) is 47.7. The summed E-state index contributed by atoms with van der Waals surface area (Å²) in [6.45, 7) is 4.99. The molecule has 0 aliphatic rings. The van der Waals surface area contributed by atoms with Crippen molar-refractivity contribution in [2.24, 2.45) is 0 Å². The fourth-order valence-corrected chi connectivity index (χ4v) is 13.9. The Hall–Kier alpha value is -1.94. The number of hydrogen-bond donors (Lipinski definition) is 3. The van der Waals surface area contributed by atoms with Crippen LogP contribution in [0.5, 0.6) is 0 Å². The van der Waals surface area contributed by atoms with E-state index in [2.05, 4.69) is 27.7 Å². The fourth-order valence-electron chi connectivity index (χ4n) is 12.3. The van der Waals surface area contributed by atoms with E-state index in [9.17, 15) is 43.2 Å². The van der Waals surface area contributed by atoms with E-state index in [0.717, 1.165) is 89.9 Å². The third kappa shape index (κ3) is 72.4.